The Hall–Kier alpha value is -0.540. The fourth-order valence-corrected chi connectivity index (χ4v) is 1.85. The minimum absolute atomic E-state index is 0.0451. The van der Waals surface area contributed by atoms with E-state index in [1.807, 2.05) is 30.7 Å². The van der Waals surface area contributed by atoms with Crippen molar-refractivity contribution in [1.82, 2.24) is 5.32 Å². The molecule has 0 radical (unpaired) electrons. The molecular weight excluding hydrogens is 218 g/mol. The second-order valence-electron chi connectivity index (χ2n) is 3.51. The maximum absolute atomic E-state index is 11.7. The van der Waals surface area contributed by atoms with Gasteiger partial charge in [0.15, 0.2) is 0 Å². The van der Waals surface area contributed by atoms with Gasteiger partial charge in [0.2, 0.25) is 0 Å². The zero-order valence-corrected chi connectivity index (χ0v) is 9.91. The number of alkyl halides is 1. The Labute approximate surface area is 93.3 Å². The highest BCUT2D eigenvalue weighted by Crippen LogP contribution is 2.13. The monoisotopic (exact) mass is 231 g/mol. The summed E-state index contributed by atoms with van der Waals surface area (Å²) in [6.07, 6.45) is 0.826. The van der Waals surface area contributed by atoms with Crippen LogP contribution >= 0.6 is 22.9 Å². The minimum Gasteiger partial charge on any atom is -0.346 e. The molecule has 1 amide bonds. The largest absolute Gasteiger partial charge is 0.346 e. The smallest absolute Gasteiger partial charge is 0.252 e. The van der Waals surface area contributed by atoms with E-state index < -0.39 is 0 Å². The van der Waals surface area contributed by atoms with Gasteiger partial charge >= 0.3 is 0 Å². The average Bonchev–Trinajstić information content (AvgIpc) is 2.70. The van der Waals surface area contributed by atoms with Gasteiger partial charge in [-0.2, -0.15) is 11.3 Å². The van der Waals surface area contributed by atoms with E-state index in [4.69, 9.17) is 11.6 Å². The molecule has 14 heavy (non-hydrogen) atoms. The molecule has 0 fully saturated rings. The lowest BCUT2D eigenvalue weighted by molar-refractivity contribution is 0.0913. The van der Waals surface area contributed by atoms with Crippen molar-refractivity contribution in [3.63, 3.8) is 0 Å². The summed E-state index contributed by atoms with van der Waals surface area (Å²) >= 11 is 7.32. The summed E-state index contributed by atoms with van der Waals surface area (Å²) < 4.78 is 0. The van der Waals surface area contributed by atoms with Gasteiger partial charge < -0.3 is 5.32 Å². The van der Waals surface area contributed by atoms with Crippen LogP contribution in [0.25, 0.3) is 0 Å². The molecule has 1 rings (SSSR count). The van der Waals surface area contributed by atoms with Crippen molar-refractivity contribution < 1.29 is 4.79 Å². The molecule has 0 bridgehead atoms. The van der Waals surface area contributed by atoms with Crippen LogP contribution in [0.1, 0.15) is 30.6 Å². The number of nitrogens with one attached hydrogen (secondary N) is 1. The lowest BCUT2D eigenvalue weighted by Gasteiger charge is -2.26. The number of hydrogen-bond donors (Lipinski definition) is 1. The molecule has 1 aromatic heterocycles. The Morgan fingerprint density at radius 1 is 1.71 bits per heavy atom. The molecule has 0 aliphatic rings. The van der Waals surface area contributed by atoms with Crippen LogP contribution in [0.15, 0.2) is 16.8 Å². The van der Waals surface area contributed by atoms with Crippen molar-refractivity contribution in [3.05, 3.63) is 22.4 Å². The topological polar surface area (TPSA) is 29.1 Å². The molecule has 4 heteroatoms. The maximum atomic E-state index is 11.7. The van der Waals surface area contributed by atoms with E-state index in [-0.39, 0.29) is 11.4 Å². The number of amides is 1. The van der Waals surface area contributed by atoms with Crippen LogP contribution in [0.4, 0.5) is 0 Å². The summed E-state index contributed by atoms with van der Waals surface area (Å²) in [7, 11) is 0. The Bertz CT molecular complexity index is 293. The van der Waals surface area contributed by atoms with E-state index in [9.17, 15) is 4.79 Å². The first-order valence-corrected chi connectivity index (χ1v) is 6.00. The quantitative estimate of drug-likeness (QED) is 0.794. The van der Waals surface area contributed by atoms with Crippen LogP contribution in [0, 0.1) is 0 Å². The summed E-state index contributed by atoms with van der Waals surface area (Å²) in [6, 6.07) is 1.81. The lowest BCUT2D eigenvalue weighted by Crippen LogP contribution is -2.46. The first-order chi connectivity index (χ1) is 6.61. The van der Waals surface area contributed by atoms with Crippen LogP contribution in [0.3, 0.4) is 0 Å². The normalized spacial score (nSPS) is 14.8. The van der Waals surface area contributed by atoms with Gasteiger partial charge in [0, 0.05) is 11.3 Å². The number of thiophene rings is 1. The number of halogens is 1. The van der Waals surface area contributed by atoms with Crippen molar-refractivity contribution in [2.24, 2.45) is 0 Å². The molecule has 0 saturated carbocycles. The predicted molar refractivity (Wildman–Crippen MR) is 61.2 cm³/mol. The van der Waals surface area contributed by atoms with Gasteiger partial charge in [-0.25, -0.2) is 0 Å². The highest BCUT2D eigenvalue weighted by molar-refractivity contribution is 7.08. The molecule has 1 unspecified atom stereocenters. The molecule has 0 aliphatic heterocycles. The van der Waals surface area contributed by atoms with E-state index in [0.717, 1.165) is 6.42 Å². The number of hydrogen-bond acceptors (Lipinski definition) is 2. The average molecular weight is 232 g/mol. The Morgan fingerprint density at radius 2 is 2.43 bits per heavy atom. The van der Waals surface area contributed by atoms with Gasteiger partial charge in [-0.3, -0.25) is 4.79 Å². The highest BCUT2D eigenvalue weighted by atomic mass is 35.5. The second kappa shape index (κ2) is 4.80. The standard InChI is InChI=1S/C10H14ClNOS/c1-3-10(2,7-11)12-9(13)8-4-5-14-6-8/h4-6H,3,7H2,1-2H3,(H,12,13). The van der Waals surface area contributed by atoms with Gasteiger partial charge in [-0.15, -0.1) is 11.6 Å². The van der Waals surface area contributed by atoms with Crippen molar-refractivity contribution in [1.29, 1.82) is 0 Å². The molecule has 2 nitrogen and oxygen atoms in total. The minimum atomic E-state index is -0.305. The molecule has 1 aromatic rings. The number of rotatable bonds is 4. The first-order valence-electron chi connectivity index (χ1n) is 4.52. The van der Waals surface area contributed by atoms with Crippen LogP contribution in [0.5, 0.6) is 0 Å². The lowest BCUT2D eigenvalue weighted by atomic mass is 10.0. The summed E-state index contributed by atoms with van der Waals surface area (Å²) in [5.41, 5.74) is 0.403. The molecule has 0 saturated heterocycles. The molecule has 0 spiro atoms. The second-order valence-corrected chi connectivity index (χ2v) is 4.56. The molecule has 1 atom stereocenters. The fourth-order valence-electron chi connectivity index (χ4n) is 0.956. The fraction of sp³-hybridized carbons (Fsp3) is 0.500. The van der Waals surface area contributed by atoms with E-state index in [1.165, 1.54) is 11.3 Å². The zero-order chi connectivity index (χ0) is 10.6. The maximum Gasteiger partial charge on any atom is 0.252 e. The van der Waals surface area contributed by atoms with E-state index in [2.05, 4.69) is 5.32 Å². The molecular formula is C10H14ClNOS. The third-order valence-electron chi connectivity index (χ3n) is 2.27. The molecule has 1 heterocycles. The zero-order valence-electron chi connectivity index (χ0n) is 8.34. The Morgan fingerprint density at radius 3 is 2.86 bits per heavy atom. The Kier molecular flexibility index (Phi) is 3.96. The summed E-state index contributed by atoms with van der Waals surface area (Å²) in [5.74, 6) is 0.385. The van der Waals surface area contributed by atoms with Crippen molar-refractivity contribution in [2.75, 3.05) is 5.88 Å². The van der Waals surface area contributed by atoms with Crippen LogP contribution in [0.2, 0.25) is 0 Å². The van der Waals surface area contributed by atoms with Crippen LogP contribution in [-0.2, 0) is 0 Å². The van der Waals surface area contributed by atoms with Gasteiger partial charge in [0.1, 0.15) is 0 Å². The summed E-state index contributed by atoms with van der Waals surface area (Å²) in [6.45, 7) is 3.96. The predicted octanol–water partition coefficient (Wildman–Crippen LogP) is 2.89. The third kappa shape index (κ3) is 2.72. The van der Waals surface area contributed by atoms with E-state index >= 15 is 0 Å². The summed E-state index contributed by atoms with van der Waals surface area (Å²) in [5, 5.41) is 6.65. The Balaban J connectivity index is 2.65. The van der Waals surface area contributed by atoms with Crippen molar-refractivity contribution in [3.8, 4) is 0 Å². The van der Waals surface area contributed by atoms with Crippen molar-refractivity contribution >= 4 is 28.8 Å². The molecule has 0 aromatic carbocycles. The SMILES string of the molecule is CCC(C)(CCl)NC(=O)c1ccsc1. The van der Waals surface area contributed by atoms with E-state index in [1.54, 1.807) is 0 Å². The third-order valence-corrected chi connectivity index (χ3v) is 3.55. The molecule has 78 valence electrons. The first kappa shape index (κ1) is 11.5. The molecule has 1 N–H and O–H groups in total. The van der Waals surface area contributed by atoms with Crippen LogP contribution in [-0.4, -0.2) is 17.3 Å². The van der Waals surface area contributed by atoms with Crippen molar-refractivity contribution in [2.45, 2.75) is 25.8 Å². The van der Waals surface area contributed by atoms with E-state index in [0.29, 0.717) is 11.4 Å². The molecule has 0 aliphatic carbocycles. The van der Waals surface area contributed by atoms with Gasteiger partial charge in [-0.05, 0) is 24.8 Å². The number of carbonyl (C=O) groups excluding carboxylic acids is 1. The highest BCUT2D eigenvalue weighted by Gasteiger charge is 2.23. The summed E-state index contributed by atoms with van der Waals surface area (Å²) in [4.78, 5) is 11.7. The number of carbonyl (C=O) groups is 1. The van der Waals surface area contributed by atoms with Gasteiger partial charge in [0.25, 0.3) is 5.91 Å². The van der Waals surface area contributed by atoms with Gasteiger partial charge in [0.05, 0.1) is 11.1 Å². The van der Waals surface area contributed by atoms with Gasteiger partial charge in [-0.1, -0.05) is 6.92 Å². The van der Waals surface area contributed by atoms with Crippen LogP contribution < -0.4 is 5.32 Å².